The molecule has 0 aliphatic heterocycles. The number of halogens is 2. The number of benzene rings is 2. The van der Waals surface area contributed by atoms with Gasteiger partial charge in [0.2, 0.25) is 0 Å². The summed E-state index contributed by atoms with van der Waals surface area (Å²) in [5.41, 5.74) is 3.44. The van der Waals surface area contributed by atoms with Crippen LogP contribution in [0.15, 0.2) is 78.0 Å². The Balaban J connectivity index is 1.99. The first kappa shape index (κ1) is 17.5. The molecule has 5 heteroatoms. The number of hydrogen-bond acceptors (Lipinski definition) is 3. The first-order valence-electron chi connectivity index (χ1n) is 7.81. The third-order valence-corrected chi connectivity index (χ3v) is 4.41. The lowest BCUT2D eigenvalue weighted by Crippen LogP contribution is -2.11. The fraction of sp³-hybridized carbons (Fsp3) is 0.100. The van der Waals surface area contributed by atoms with Gasteiger partial charge in [0.1, 0.15) is 10.3 Å². The van der Waals surface area contributed by atoms with Crippen molar-refractivity contribution >= 4 is 28.9 Å². The van der Waals surface area contributed by atoms with Gasteiger partial charge in [0.15, 0.2) is 0 Å². The van der Waals surface area contributed by atoms with Crippen LogP contribution >= 0.6 is 23.2 Å². The van der Waals surface area contributed by atoms with Crippen LogP contribution in [0.4, 0.5) is 0 Å². The molecule has 126 valence electrons. The van der Waals surface area contributed by atoms with Gasteiger partial charge in [-0.3, -0.25) is 0 Å². The Morgan fingerprint density at radius 3 is 1.80 bits per heavy atom. The van der Waals surface area contributed by atoms with Crippen LogP contribution < -0.4 is 0 Å². The van der Waals surface area contributed by atoms with Gasteiger partial charge in [-0.05, 0) is 23.3 Å². The normalized spacial score (nSPS) is 11.7. The second kappa shape index (κ2) is 8.15. The zero-order valence-electron chi connectivity index (χ0n) is 13.3. The summed E-state index contributed by atoms with van der Waals surface area (Å²) in [4.78, 5) is 3.94. The van der Waals surface area contributed by atoms with Gasteiger partial charge in [0, 0.05) is 17.9 Å². The molecule has 1 aromatic heterocycles. The van der Waals surface area contributed by atoms with E-state index in [0.717, 1.165) is 11.1 Å². The minimum absolute atomic E-state index is 0.0408. The maximum atomic E-state index is 9.59. The highest BCUT2D eigenvalue weighted by molar-refractivity contribution is 6.33. The van der Waals surface area contributed by atoms with E-state index in [-0.39, 0.29) is 16.2 Å². The summed E-state index contributed by atoms with van der Waals surface area (Å²) < 4.78 is 0. The molecule has 0 saturated carbocycles. The molecular weight excluding hydrogens is 355 g/mol. The topological polar surface area (TPSA) is 45.5 Å². The first-order valence-corrected chi connectivity index (χ1v) is 8.57. The average Bonchev–Trinajstić information content (AvgIpc) is 2.63. The molecule has 0 saturated heterocycles. The van der Waals surface area contributed by atoms with Gasteiger partial charge in [-0.25, -0.2) is 4.98 Å². The molecule has 0 aliphatic rings. The molecule has 0 unspecified atom stereocenters. The van der Waals surface area contributed by atoms with Crippen molar-refractivity contribution in [2.75, 3.05) is 0 Å². The lowest BCUT2D eigenvalue weighted by molar-refractivity contribution is 0.317. The number of hydrogen-bond donors (Lipinski definition) is 1. The summed E-state index contributed by atoms with van der Waals surface area (Å²) in [5.74, 6) is 0.0408. The number of oxime groups is 1. The molecule has 0 radical (unpaired) electrons. The van der Waals surface area contributed by atoms with Crippen molar-refractivity contribution in [2.24, 2.45) is 5.16 Å². The molecule has 0 bridgehead atoms. The SMILES string of the molecule is ON=C(CC(c1ccccc1)c1ccccc1)c1cc(Cl)nc(Cl)c1. The van der Waals surface area contributed by atoms with Gasteiger partial charge < -0.3 is 5.21 Å². The van der Waals surface area contributed by atoms with Gasteiger partial charge in [-0.1, -0.05) is 89.0 Å². The van der Waals surface area contributed by atoms with Gasteiger partial charge in [0.05, 0.1) is 5.71 Å². The highest BCUT2D eigenvalue weighted by Gasteiger charge is 2.19. The summed E-state index contributed by atoms with van der Waals surface area (Å²) in [6, 6.07) is 23.5. The van der Waals surface area contributed by atoms with E-state index in [1.165, 1.54) is 0 Å². The fourth-order valence-corrected chi connectivity index (χ4v) is 3.30. The summed E-state index contributed by atoms with van der Waals surface area (Å²) in [6.07, 6.45) is 0.501. The molecule has 1 heterocycles. The monoisotopic (exact) mass is 370 g/mol. The highest BCUT2D eigenvalue weighted by Crippen LogP contribution is 2.30. The highest BCUT2D eigenvalue weighted by atomic mass is 35.5. The molecule has 0 aliphatic carbocycles. The Bertz CT molecular complexity index is 808. The Labute approximate surface area is 156 Å². The molecule has 2 aromatic carbocycles. The maximum absolute atomic E-state index is 9.59. The Morgan fingerprint density at radius 2 is 1.36 bits per heavy atom. The van der Waals surface area contributed by atoms with Gasteiger partial charge >= 0.3 is 0 Å². The summed E-state index contributed by atoms with van der Waals surface area (Å²) in [7, 11) is 0. The second-order valence-electron chi connectivity index (χ2n) is 5.63. The maximum Gasteiger partial charge on any atom is 0.131 e. The van der Waals surface area contributed by atoms with Crippen molar-refractivity contribution in [1.82, 2.24) is 4.98 Å². The van der Waals surface area contributed by atoms with E-state index in [1.807, 2.05) is 36.4 Å². The number of aromatic nitrogens is 1. The van der Waals surface area contributed by atoms with Crippen molar-refractivity contribution in [3.05, 3.63) is 99.8 Å². The predicted octanol–water partition coefficient (Wildman–Crippen LogP) is 5.79. The van der Waals surface area contributed by atoms with Crippen LogP contribution in [0, 0.1) is 0 Å². The minimum Gasteiger partial charge on any atom is -0.411 e. The quantitative estimate of drug-likeness (QED) is 0.267. The third-order valence-electron chi connectivity index (χ3n) is 4.02. The van der Waals surface area contributed by atoms with Crippen molar-refractivity contribution in [3.63, 3.8) is 0 Å². The third kappa shape index (κ3) is 4.38. The Morgan fingerprint density at radius 1 is 0.880 bits per heavy atom. The Hall–Kier alpha value is -2.36. The second-order valence-corrected chi connectivity index (χ2v) is 6.40. The molecule has 3 rings (SSSR count). The molecule has 0 amide bonds. The van der Waals surface area contributed by atoms with E-state index in [0.29, 0.717) is 17.7 Å². The average molecular weight is 371 g/mol. The van der Waals surface area contributed by atoms with E-state index in [4.69, 9.17) is 23.2 Å². The lowest BCUT2D eigenvalue weighted by Gasteiger charge is -2.19. The van der Waals surface area contributed by atoms with E-state index in [2.05, 4.69) is 34.4 Å². The van der Waals surface area contributed by atoms with Crippen molar-refractivity contribution in [3.8, 4) is 0 Å². The van der Waals surface area contributed by atoms with E-state index >= 15 is 0 Å². The van der Waals surface area contributed by atoms with Gasteiger partial charge in [-0.15, -0.1) is 0 Å². The van der Waals surface area contributed by atoms with Crippen molar-refractivity contribution in [1.29, 1.82) is 0 Å². The number of rotatable bonds is 5. The Kier molecular flexibility index (Phi) is 5.69. The summed E-state index contributed by atoms with van der Waals surface area (Å²) >= 11 is 12.0. The van der Waals surface area contributed by atoms with Gasteiger partial charge in [0.25, 0.3) is 0 Å². The number of nitrogens with zero attached hydrogens (tertiary/aromatic N) is 2. The first-order chi connectivity index (χ1) is 12.2. The molecule has 3 aromatic rings. The molecule has 0 fully saturated rings. The van der Waals surface area contributed by atoms with Crippen LogP contribution in [0.2, 0.25) is 10.3 Å². The van der Waals surface area contributed by atoms with Crippen LogP contribution in [0.3, 0.4) is 0 Å². The van der Waals surface area contributed by atoms with E-state index in [9.17, 15) is 5.21 Å². The molecule has 25 heavy (non-hydrogen) atoms. The largest absolute Gasteiger partial charge is 0.411 e. The van der Waals surface area contributed by atoms with Gasteiger partial charge in [-0.2, -0.15) is 0 Å². The standard InChI is InChI=1S/C20H16Cl2N2O/c21-19-11-16(12-20(22)23-19)18(24-25)13-17(14-7-3-1-4-8-14)15-9-5-2-6-10-15/h1-12,17,25H,13H2. The van der Waals surface area contributed by atoms with E-state index < -0.39 is 0 Å². The van der Waals surface area contributed by atoms with E-state index in [1.54, 1.807) is 12.1 Å². The minimum atomic E-state index is 0.0408. The molecule has 1 N–H and O–H groups in total. The van der Waals surface area contributed by atoms with Crippen LogP contribution in [-0.2, 0) is 0 Å². The van der Waals surface area contributed by atoms with Crippen molar-refractivity contribution < 1.29 is 5.21 Å². The molecule has 0 atom stereocenters. The molecule has 0 spiro atoms. The zero-order valence-corrected chi connectivity index (χ0v) is 14.8. The van der Waals surface area contributed by atoms with Crippen LogP contribution in [0.25, 0.3) is 0 Å². The lowest BCUT2D eigenvalue weighted by atomic mass is 9.85. The summed E-state index contributed by atoms with van der Waals surface area (Å²) in [6.45, 7) is 0. The van der Waals surface area contributed by atoms with Crippen LogP contribution in [-0.4, -0.2) is 15.9 Å². The predicted molar refractivity (Wildman–Crippen MR) is 102 cm³/mol. The molecule has 3 nitrogen and oxygen atoms in total. The van der Waals surface area contributed by atoms with Crippen molar-refractivity contribution in [2.45, 2.75) is 12.3 Å². The zero-order chi connectivity index (χ0) is 17.6. The fourth-order valence-electron chi connectivity index (χ4n) is 2.84. The number of pyridine rings is 1. The smallest absolute Gasteiger partial charge is 0.131 e. The van der Waals surface area contributed by atoms with Crippen LogP contribution in [0.1, 0.15) is 29.0 Å². The summed E-state index contributed by atoms with van der Waals surface area (Å²) in [5, 5.41) is 13.6. The molecular formula is C20H16Cl2N2O. The van der Waals surface area contributed by atoms with Crippen LogP contribution in [0.5, 0.6) is 0 Å².